The van der Waals surface area contributed by atoms with Crippen molar-refractivity contribution >= 4 is 23.7 Å². The van der Waals surface area contributed by atoms with Crippen LogP contribution in [0.1, 0.15) is 31.7 Å². The number of nitro benzene ring substituents is 1. The molecule has 27 heavy (non-hydrogen) atoms. The number of carbonyl (C=O) groups is 2. The summed E-state index contributed by atoms with van der Waals surface area (Å²) in [6, 6.07) is 2.81. The summed E-state index contributed by atoms with van der Waals surface area (Å²) in [6.07, 6.45) is 3.62. The molecule has 0 aliphatic rings. The van der Waals surface area contributed by atoms with Gasteiger partial charge in [0.05, 0.1) is 38.4 Å². The van der Waals surface area contributed by atoms with Gasteiger partial charge in [-0.1, -0.05) is 19.8 Å². The summed E-state index contributed by atoms with van der Waals surface area (Å²) >= 11 is 0. The number of esters is 2. The number of nitro groups is 1. The molecule has 0 aliphatic carbocycles. The third-order valence-corrected chi connectivity index (χ3v) is 3.63. The largest absolute Gasteiger partial charge is 0.493 e. The van der Waals surface area contributed by atoms with Gasteiger partial charge in [-0.2, -0.15) is 0 Å². The predicted octanol–water partition coefficient (Wildman–Crippen LogP) is 2.90. The fourth-order valence-electron chi connectivity index (χ4n) is 2.28. The summed E-state index contributed by atoms with van der Waals surface area (Å²) < 4.78 is 19.8. The molecular formula is C18H23NO8. The Kier molecular flexibility index (Phi) is 8.77. The second kappa shape index (κ2) is 10.8. The van der Waals surface area contributed by atoms with Gasteiger partial charge in [0.25, 0.3) is 0 Å². The summed E-state index contributed by atoms with van der Waals surface area (Å²) in [5, 5.41) is 11.7. The zero-order valence-electron chi connectivity index (χ0n) is 15.8. The van der Waals surface area contributed by atoms with Crippen LogP contribution >= 0.6 is 0 Å². The van der Waals surface area contributed by atoms with Crippen molar-refractivity contribution in [3.8, 4) is 11.5 Å². The van der Waals surface area contributed by atoms with Gasteiger partial charge in [-0.3, -0.25) is 10.1 Å². The van der Waals surface area contributed by atoms with Gasteiger partial charge in [0.15, 0.2) is 5.75 Å². The van der Waals surface area contributed by atoms with Crippen LogP contribution < -0.4 is 9.47 Å². The molecular weight excluding hydrogens is 358 g/mol. The van der Waals surface area contributed by atoms with E-state index in [4.69, 9.17) is 9.47 Å². The smallest absolute Gasteiger partial charge is 0.345 e. The summed E-state index contributed by atoms with van der Waals surface area (Å²) in [6.45, 7) is 2.29. The highest BCUT2D eigenvalue weighted by molar-refractivity contribution is 6.18. The minimum Gasteiger partial charge on any atom is -0.493 e. The molecule has 0 atom stereocenters. The Hall–Kier alpha value is -3.10. The Bertz CT molecular complexity index is 708. The van der Waals surface area contributed by atoms with Crippen molar-refractivity contribution in [3.63, 3.8) is 0 Å². The first-order valence-corrected chi connectivity index (χ1v) is 8.27. The number of rotatable bonds is 10. The molecule has 0 aromatic heterocycles. The maximum atomic E-state index is 11.8. The van der Waals surface area contributed by atoms with Gasteiger partial charge in [-0.15, -0.1) is 0 Å². The molecule has 1 rings (SSSR count). The van der Waals surface area contributed by atoms with Gasteiger partial charge < -0.3 is 18.9 Å². The molecule has 9 heteroatoms. The van der Waals surface area contributed by atoms with Crippen molar-refractivity contribution in [1.82, 2.24) is 0 Å². The summed E-state index contributed by atoms with van der Waals surface area (Å²) in [4.78, 5) is 34.7. The van der Waals surface area contributed by atoms with Crippen molar-refractivity contribution in [1.29, 1.82) is 0 Å². The van der Waals surface area contributed by atoms with Crippen molar-refractivity contribution in [2.75, 3.05) is 27.9 Å². The highest BCUT2D eigenvalue weighted by Gasteiger charge is 2.28. The number of hydrogen-bond donors (Lipinski definition) is 0. The van der Waals surface area contributed by atoms with Crippen LogP contribution in [0.5, 0.6) is 11.5 Å². The monoisotopic (exact) mass is 381 g/mol. The summed E-state index contributed by atoms with van der Waals surface area (Å²) in [5.41, 5.74) is -0.918. The van der Waals surface area contributed by atoms with E-state index in [0.717, 1.165) is 33.1 Å². The first kappa shape index (κ1) is 21.9. The number of carbonyl (C=O) groups excluding carboxylic acids is 2. The number of ether oxygens (including phenoxy) is 4. The standard InChI is InChI=1S/C18H23NO8/c1-5-6-7-10-27-16-14(24-2)9-8-12(15(16)19(22)23)11-13(17(20)25-3)18(21)26-4/h8-9,11H,5-7,10H2,1-4H3. The molecule has 1 aromatic carbocycles. The predicted molar refractivity (Wildman–Crippen MR) is 96.7 cm³/mol. The molecule has 1 aromatic rings. The number of hydrogen-bond acceptors (Lipinski definition) is 8. The van der Waals surface area contributed by atoms with Crippen molar-refractivity contribution in [3.05, 3.63) is 33.4 Å². The quantitative estimate of drug-likeness (QED) is 0.116. The van der Waals surface area contributed by atoms with Crippen molar-refractivity contribution in [2.45, 2.75) is 26.2 Å². The normalized spacial score (nSPS) is 9.93. The fraction of sp³-hybridized carbons (Fsp3) is 0.444. The van der Waals surface area contributed by atoms with E-state index in [1.54, 1.807) is 0 Å². The molecule has 0 saturated carbocycles. The van der Waals surface area contributed by atoms with Gasteiger partial charge in [-0.25, -0.2) is 9.59 Å². The lowest BCUT2D eigenvalue weighted by molar-refractivity contribution is -0.386. The maximum absolute atomic E-state index is 11.8. The Morgan fingerprint density at radius 3 is 2.22 bits per heavy atom. The third-order valence-electron chi connectivity index (χ3n) is 3.63. The topological polar surface area (TPSA) is 114 Å². The number of nitrogens with zero attached hydrogens (tertiary/aromatic N) is 1. The van der Waals surface area contributed by atoms with Gasteiger partial charge in [0.1, 0.15) is 5.57 Å². The summed E-state index contributed by atoms with van der Waals surface area (Å²) in [7, 11) is 3.54. The van der Waals surface area contributed by atoms with Crippen molar-refractivity contribution < 1.29 is 33.5 Å². The zero-order chi connectivity index (χ0) is 20.4. The van der Waals surface area contributed by atoms with E-state index < -0.39 is 28.1 Å². The molecule has 0 amide bonds. The fourth-order valence-corrected chi connectivity index (χ4v) is 2.28. The first-order chi connectivity index (χ1) is 12.9. The van der Waals surface area contributed by atoms with Crippen LogP contribution in [0.3, 0.4) is 0 Å². The Balaban J connectivity index is 3.49. The van der Waals surface area contributed by atoms with Gasteiger partial charge in [-0.05, 0) is 24.6 Å². The average Bonchev–Trinajstić information content (AvgIpc) is 2.67. The number of unbranched alkanes of at least 4 members (excludes halogenated alkanes) is 2. The van der Waals surface area contributed by atoms with Crippen molar-refractivity contribution in [2.24, 2.45) is 0 Å². The van der Waals surface area contributed by atoms with Crippen LogP contribution in [0, 0.1) is 10.1 Å². The highest BCUT2D eigenvalue weighted by Crippen LogP contribution is 2.40. The molecule has 0 fully saturated rings. The Morgan fingerprint density at radius 1 is 1.11 bits per heavy atom. The molecule has 0 heterocycles. The molecule has 0 radical (unpaired) electrons. The maximum Gasteiger partial charge on any atom is 0.345 e. The van der Waals surface area contributed by atoms with E-state index in [2.05, 4.69) is 9.47 Å². The van der Waals surface area contributed by atoms with E-state index in [0.29, 0.717) is 6.42 Å². The minimum atomic E-state index is -0.975. The van der Waals surface area contributed by atoms with E-state index in [-0.39, 0.29) is 23.7 Å². The van der Waals surface area contributed by atoms with Crippen LogP contribution in [0.4, 0.5) is 5.69 Å². The highest BCUT2D eigenvalue weighted by atomic mass is 16.6. The number of benzene rings is 1. The van der Waals surface area contributed by atoms with E-state index in [1.165, 1.54) is 19.2 Å². The molecule has 0 saturated heterocycles. The molecule has 0 aliphatic heterocycles. The molecule has 0 unspecified atom stereocenters. The molecule has 148 valence electrons. The average molecular weight is 381 g/mol. The molecule has 0 N–H and O–H groups in total. The lowest BCUT2D eigenvalue weighted by atomic mass is 10.1. The van der Waals surface area contributed by atoms with Crippen LogP contribution in [0.2, 0.25) is 0 Å². The summed E-state index contributed by atoms with van der Waals surface area (Å²) in [5.74, 6) is -1.84. The molecule has 0 spiro atoms. The van der Waals surface area contributed by atoms with Gasteiger partial charge in [0.2, 0.25) is 5.75 Å². The lowest BCUT2D eigenvalue weighted by Crippen LogP contribution is -2.15. The minimum absolute atomic E-state index is 0.0166. The third kappa shape index (κ3) is 5.70. The van der Waals surface area contributed by atoms with E-state index in [9.17, 15) is 19.7 Å². The van der Waals surface area contributed by atoms with E-state index >= 15 is 0 Å². The number of methoxy groups -OCH3 is 3. The Labute approximate surface area is 157 Å². The van der Waals surface area contributed by atoms with E-state index in [1.807, 2.05) is 6.92 Å². The zero-order valence-corrected chi connectivity index (χ0v) is 15.8. The second-order valence-corrected chi connectivity index (χ2v) is 5.39. The van der Waals surface area contributed by atoms with Crippen LogP contribution in [0.25, 0.3) is 6.08 Å². The van der Waals surface area contributed by atoms with Gasteiger partial charge >= 0.3 is 17.6 Å². The Morgan fingerprint density at radius 2 is 1.74 bits per heavy atom. The second-order valence-electron chi connectivity index (χ2n) is 5.39. The molecule has 0 bridgehead atoms. The molecule has 9 nitrogen and oxygen atoms in total. The van der Waals surface area contributed by atoms with Crippen LogP contribution in [0.15, 0.2) is 17.7 Å². The lowest BCUT2D eigenvalue weighted by Gasteiger charge is -2.12. The SMILES string of the molecule is CCCCCOc1c(OC)ccc(C=C(C(=O)OC)C(=O)OC)c1[N+](=O)[O-]. The van der Waals surface area contributed by atoms with Crippen LogP contribution in [-0.4, -0.2) is 44.8 Å². The first-order valence-electron chi connectivity index (χ1n) is 8.27. The van der Waals surface area contributed by atoms with Gasteiger partial charge in [0, 0.05) is 0 Å². The van der Waals surface area contributed by atoms with Crippen LogP contribution in [-0.2, 0) is 19.1 Å².